The summed E-state index contributed by atoms with van der Waals surface area (Å²) in [5.41, 5.74) is 0.0902. The molecule has 1 N–H and O–H groups in total. The van der Waals surface area contributed by atoms with Crippen molar-refractivity contribution in [3.05, 3.63) is 40.2 Å². The summed E-state index contributed by atoms with van der Waals surface area (Å²) in [6.45, 7) is 3.50. The molecule has 1 aromatic heterocycles. The molecule has 2 aromatic rings. The number of amides is 1. The number of hydrogen-bond donors (Lipinski definition) is 1. The molecule has 1 aliphatic carbocycles. The van der Waals surface area contributed by atoms with Gasteiger partial charge in [0.1, 0.15) is 16.9 Å². The highest BCUT2D eigenvalue weighted by molar-refractivity contribution is 5.82. The summed E-state index contributed by atoms with van der Waals surface area (Å²) < 4.78 is 10.7. The van der Waals surface area contributed by atoms with Crippen molar-refractivity contribution < 1.29 is 13.9 Å². The Hall–Kier alpha value is -2.81. The van der Waals surface area contributed by atoms with Crippen LogP contribution in [0.5, 0.6) is 5.75 Å². The monoisotopic (exact) mass is 340 g/mol. The third-order valence-electron chi connectivity index (χ3n) is 4.58. The minimum Gasteiger partial charge on any atom is -0.484 e. The number of fused-ring (bicyclic) bond motifs is 1. The van der Waals surface area contributed by atoms with Crippen LogP contribution in [-0.4, -0.2) is 18.1 Å². The molecule has 0 radical (unpaired) electrons. The zero-order chi connectivity index (χ0) is 18.0. The van der Waals surface area contributed by atoms with Crippen molar-refractivity contribution in [2.24, 2.45) is 5.92 Å². The fraction of sp³-hybridized carbons (Fsp3) is 0.421. The molecule has 1 unspecified atom stereocenters. The Balaban J connectivity index is 1.70. The van der Waals surface area contributed by atoms with Gasteiger partial charge in [-0.1, -0.05) is 6.92 Å². The van der Waals surface area contributed by atoms with Crippen LogP contribution in [-0.2, 0) is 11.2 Å². The lowest BCUT2D eigenvalue weighted by Gasteiger charge is -2.22. The first-order valence-electron chi connectivity index (χ1n) is 8.37. The average molecular weight is 340 g/mol. The standard InChI is InChI=1S/C19H20N2O4/c1-3-12-8-18(23)25-16-9-14(6-7-15(12)16)24-10-17(22)21-19(2,11-20)13-4-5-13/h6-9,13H,3-5,10H2,1-2H3,(H,21,22). The molecule has 0 bridgehead atoms. The number of rotatable bonds is 6. The molecule has 1 fully saturated rings. The van der Waals surface area contributed by atoms with Gasteiger partial charge in [-0.05, 0) is 49.8 Å². The molecule has 1 atom stereocenters. The van der Waals surface area contributed by atoms with Gasteiger partial charge in [-0.25, -0.2) is 4.79 Å². The molecule has 6 nitrogen and oxygen atoms in total. The molecule has 1 amide bonds. The van der Waals surface area contributed by atoms with E-state index < -0.39 is 11.2 Å². The summed E-state index contributed by atoms with van der Waals surface area (Å²) in [5.74, 6) is 0.299. The van der Waals surface area contributed by atoms with Gasteiger partial charge in [0.05, 0.1) is 6.07 Å². The molecule has 25 heavy (non-hydrogen) atoms. The van der Waals surface area contributed by atoms with E-state index >= 15 is 0 Å². The molecule has 0 spiro atoms. The summed E-state index contributed by atoms with van der Waals surface area (Å²) in [5, 5.41) is 12.9. The zero-order valence-corrected chi connectivity index (χ0v) is 14.3. The number of nitrogens with zero attached hydrogens (tertiary/aromatic N) is 1. The Labute approximate surface area is 145 Å². The van der Waals surface area contributed by atoms with Crippen LogP contribution in [0.1, 0.15) is 32.3 Å². The van der Waals surface area contributed by atoms with Gasteiger partial charge in [-0.2, -0.15) is 5.26 Å². The predicted molar refractivity (Wildman–Crippen MR) is 92.2 cm³/mol. The van der Waals surface area contributed by atoms with Gasteiger partial charge in [-0.15, -0.1) is 0 Å². The third kappa shape index (κ3) is 3.66. The Kier molecular flexibility index (Phi) is 4.49. The van der Waals surface area contributed by atoms with Crippen molar-refractivity contribution in [2.75, 3.05) is 6.61 Å². The first-order valence-corrected chi connectivity index (χ1v) is 8.37. The number of benzene rings is 1. The van der Waals surface area contributed by atoms with Crippen molar-refractivity contribution in [2.45, 2.75) is 38.6 Å². The molecule has 1 heterocycles. The van der Waals surface area contributed by atoms with E-state index in [2.05, 4.69) is 11.4 Å². The van der Waals surface area contributed by atoms with Gasteiger partial charge >= 0.3 is 5.63 Å². The van der Waals surface area contributed by atoms with Gasteiger partial charge in [-0.3, -0.25) is 4.79 Å². The lowest BCUT2D eigenvalue weighted by atomic mass is 9.98. The first-order chi connectivity index (χ1) is 11.9. The summed E-state index contributed by atoms with van der Waals surface area (Å²) >= 11 is 0. The first kappa shape index (κ1) is 17.0. The molecule has 0 aliphatic heterocycles. The summed E-state index contributed by atoms with van der Waals surface area (Å²) in [6.07, 6.45) is 2.63. The van der Waals surface area contributed by atoms with Crippen LogP contribution in [0.4, 0.5) is 0 Å². The minimum atomic E-state index is -0.841. The van der Waals surface area contributed by atoms with Crippen molar-refractivity contribution in [1.82, 2.24) is 5.32 Å². The molecular formula is C19H20N2O4. The van der Waals surface area contributed by atoms with E-state index in [0.717, 1.165) is 30.2 Å². The number of hydrogen-bond acceptors (Lipinski definition) is 5. The molecule has 6 heteroatoms. The number of nitriles is 1. The Bertz CT molecular complexity index is 908. The Morgan fingerprint density at radius 1 is 1.44 bits per heavy atom. The molecule has 1 saturated carbocycles. The number of nitrogens with one attached hydrogen (secondary N) is 1. The van der Waals surface area contributed by atoms with Gasteiger partial charge in [0, 0.05) is 17.5 Å². The van der Waals surface area contributed by atoms with Gasteiger partial charge in [0.25, 0.3) is 5.91 Å². The van der Waals surface area contributed by atoms with Crippen LogP contribution >= 0.6 is 0 Å². The second kappa shape index (κ2) is 6.60. The average Bonchev–Trinajstić information content (AvgIpc) is 3.44. The van der Waals surface area contributed by atoms with Crippen LogP contribution in [0, 0.1) is 17.2 Å². The van der Waals surface area contributed by atoms with Crippen molar-refractivity contribution >= 4 is 16.9 Å². The molecular weight excluding hydrogens is 320 g/mol. The molecule has 1 aromatic carbocycles. The Morgan fingerprint density at radius 2 is 2.20 bits per heavy atom. The zero-order valence-electron chi connectivity index (χ0n) is 14.3. The van der Waals surface area contributed by atoms with E-state index in [1.54, 1.807) is 19.1 Å². The smallest absolute Gasteiger partial charge is 0.336 e. The van der Waals surface area contributed by atoms with Crippen LogP contribution in [0.3, 0.4) is 0 Å². The SMILES string of the molecule is CCc1cc(=O)oc2cc(OCC(=O)NC(C)(C#N)C3CC3)ccc12. The second-order valence-corrected chi connectivity index (χ2v) is 6.53. The number of ether oxygens (including phenoxy) is 1. The van der Waals surface area contributed by atoms with Crippen molar-refractivity contribution in [3.8, 4) is 11.8 Å². The van der Waals surface area contributed by atoms with E-state index in [1.165, 1.54) is 6.07 Å². The van der Waals surface area contributed by atoms with Gasteiger partial charge < -0.3 is 14.5 Å². The maximum Gasteiger partial charge on any atom is 0.336 e. The summed E-state index contributed by atoms with van der Waals surface area (Å²) in [7, 11) is 0. The van der Waals surface area contributed by atoms with Gasteiger partial charge in [0.15, 0.2) is 6.61 Å². The third-order valence-corrected chi connectivity index (χ3v) is 4.58. The second-order valence-electron chi connectivity index (χ2n) is 6.53. The van der Waals surface area contributed by atoms with Crippen molar-refractivity contribution in [3.63, 3.8) is 0 Å². The lowest BCUT2D eigenvalue weighted by molar-refractivity contribution is -0.124. The molecule has 3 rings (SSSR count). The molecule has 1 aliphatic rings. The maximum absolute atomic E-state index is 12.1. The van der Waals surface area contributed by atoms with Crippen LogP contribution in [0.2, 0.25) is 0 Å². The predicted octanol–water partition coefficient (Wildman–Crippen LogP) is 2.54. The number of carbonyl (C=O) groups excluding carboxylic acids is 1. The fourth-order valence-electron chi connectivity index (χ4n) is 2.95. The van der Waals surface area contributed by atoms with Crippen LogP contribution < -0.4 is 15.7 Å². The summed E-state index contributed by atoms with van der Waals surface area (Å²) in [6, 6.07) is 8.81. The summed E-state index contributed by atoms with van der Waals surface area (Å²) in [4.78, 5) is 23.7. The van der Waals surface area contributed by atoms with E-state index in [-0.39, 0.29) is 18.4 Å². The minimum absolute atomic E-state index is 0.201. The normalized spacial score (nSPS) is 16.0. The fourth-order valence-corrected chi connectivity index (χ4v) is 2.95. The highest BCUT2D eigenvalue weighted by Gasteiger charge is 2.43. The highest BCUT2D eigenvalue weighted by Crippen LogP contribution is 2.39. The van der Waals surface area contributed by atoms with E-state index in [0.29, 0.717) is 11.3 Å². The van der Waals surface area contributed by atoms with E-state index in [9.17, 15) is 14.9 Å². The van der Waals surface area contributed by atoms with Gasteiger partial charge in [0.2, 0.25) is 0 Å². The highest BCUT2D eigenvalue weighted by atomic mass is 16.5. The largest absolute Gasteiger partial charge is 0.484 e. The Morgan fingerprint density at radius 3 is 2.84 bits per heavy atom. The van der Waals surface area contributed by atoms with E-state index in [4.69, 9.17) is 9.15 Å². The lowest BCUT2D eigenvalue weighted by Crippen LogP contribution is -2.48. The van der Waals surface area contributed by atoms with Crippen LogP contribution in [0.15, 0.2) is 33.5 Å². The maximum atomic E-state index is 12.1. The molecule has 0 saturated heterocycles. The number of carbonyl (C=O) groups is 1. The van der Waals surface area contributed by atoms with Crippen LogP contribution in [0.25, 0.3) is 11.0 Å². The quantitative estimate of drug-likeness (QED) is 0.816. The number of aryl methyl sites for hydroxylation is 1. The van der Waals surface area contributed by atoms with E-state index in [1.807, 2.05) is 13.0 Å². The van der Waals surface area contributed by atoms with Crippen molar-refractivity contribution in [1.29, 1.82) is 5.26 Å². The molecule has 130 valence electrons. The topological polar surface area (TPSA) is 92.3 Å².